The van der Waals surface area contributed by atoms with Gasteiger partial charge >= 0.3 is 54.0 Å². The number of aliphatic hydroxyl groups is 8. The summed E-state index contributed by atoms with van der Waals surface area (Å²) in [6.45, 7) is -11.0. The van der Waals surface area contributed by atoms with Crippen molar-refractivity contribution < 1.29 is 180 Å². The number of aromatic nitrogens is 8. The first kappa shape index (κ1) is 72.0. The number of aldehydes is 4. The number of hydrogen-bond donors (Lipinski definition) is 20. The number of aliphatic hydroxyl groups excluding tert-OH is 8. The number of nitrogens with zero attached hydrogens (tertiary/aromatic N) is 4. The van der Waals surface area contributed by atoms with Gasteiger partial charge in [-0.3, -0.25) is 75.5 Å². The van der Waals surface area contributed by atoms with Crippen molar-refractivity contribution in [2.45, 2.75) is 97.1 Å². The summed E-state index contributed by atoms with van der Waals surface area (Å²) in [7, 11) is -21.5. The second kappa shape index (κ2) is 31.1. The van der Waals surface area contributed by atoms with E-state index in [2.05, 4.69) is 49.5 Å². The lowest BCUT2D eigenvalue weighted by molar-refractivity contribution is -0.205. The number of carbonyl (C=O) groups excluding carboxylic acids is 4. The number of H-pyrrole nitrogens is 4. The number of alkyl halides is 4. The van der Waals surface area contributed by atoms with Gasteiger partial charge < -0.3 is 98.9 Å². The van der Waals surface area contributed by atoms with Crippen LogP contribution in [0.15, 0.2) is 44.0 Å². The van der Waals surface area contributed by atoms with E-state index in [1.165, 1.54) is 0 Å². The van der Waals surface area contributed by atoms with E-state index >= 15 is 4.39 Å². The number of carbonyl (C=O) groups is 4. The van der Waals surface area contributed by atoms with Gasteiger partial charge in [0.1, 0.15) is 93.7 Å². The van der Waals surface area contributed by atoms with Crippen molar-refractivity contribution in [3.8, 4) is 0 Å². The van der Waals surface area contributed by atoms with E-state index in [9.17, 15) is 111 Å². The average molecular weight is 1550 g/mol. The topological polar surface area (TPSA) is 685 Å². The maximum Gasteiger partial charge on any atom is 0.469 e. The molecule has 0 bridgehead atoms. The number of phosphoric ester groups is 4. The van der Waals surface area contributed by atoms with Gasteiger partial charge in [0.25, 0.3) is 23.4 Å². The number of rotatable bonds is 20. The van der Waals surface area contributed by atoms with Crippen LogP contribution in [0.3, 0.4) is 0 Å². The lowest BCUT2D eigenvalue weighted by atomic mass is 10.1. The highest BCUT2D eigenvalue weighted by Crippen LogP contribution is 2.47. The molecule has 8 heterocycles. The quantitative estimate of drug-likeness (QED) is 0.0170. The van der Waals surface area contributed by atoms with Crippen LogP contribution in [0.2, 0.25) is 0 Å². The van der Waals surface area contributed by atoms with E-state index < -0.39 is 183 Å². The summed E-state index contributed by atoms with van der Waals surface area (Å²) in [6.07, 6.45) is -26.1. The summed E-state index contributed by atoms with van der Waals surface area (Å²) in [5, 5.41) is 79.0. The molecule has 0 spiro atoms. The Bertz CT molecular complexity index is 4620. The first-order valence-corrected chi connectivity index (χ1v) is 32.0. The fraction of sp³-hybridized carbons (Fsp3) is 0.500. The van der Waals surface area contributed by atoms with Crippen molar-refractivity contribution in [2.75, 3.05) is 26.3 Å². The molecule has 8 rings (SSSR count). The van der Waals surface area contributed by atoms with Crippen molar-refractivity contribution in [1.82, 2.24) is 38.2 Å². The molecular formula is C40H48F4N8O36P4S4. The Balaban J connectivity index is 0.000000245. The lowest BCUT2D eigenvalue weighted by Crippen LogP contribution is -2.42. The van der Waals surface area contributed by atoms with E-state index in [0.717, 1.165) is 12.4 Å². The molecule has 4 aliphatic heterocycles. The Morgan fingerprint density at radius 2 is 0.667 bits per heavy atom. The Labute approximate surface area is 553 Å². The minimum Gasteiger partial charge on any atom is -0.385 e. The van der Waals surface area contributed by atoms with Crippen LogP contribution >= 0.6 is 80.2 Å². The molecule has 16 atom stereocenters. The fourth-order valence-corrected chi connectivity index (χ4v) is 9.47. The van der Waals surface area contributed by atoms with Crippen LogP contribution in [0.4, 0.5) is 17.6 Å². The molecule has 536 valence electrons. The number of ether oxygens (including phenoxy) is 4. The summed E-state index contributed by atoms with van der Waals surface area (Å²) in [5.41, 5.74) is -5.67. The molecule has 0 aliphatic carbocycles. The molecule has 4 saturated heterocycles. The summed E-state index contributed by atoms with van der Waals surface area (Å²) in [4.78, 5) is 168. The second-order valence-electron chi connectivity index (χ2n) is 18.7. The van der Waals surface area contributed by atoms with Gasteiger partial charge in [-0.25, -0.2) is 55.0 Å². The summed E-state index contributed by atoms with van der Waals surface area (Å²) in [6, 6.07) is 0. The SMILES string of the molecule is O=Cc1cn([C@@H]2O[C@](F)(COP(=O)(O)O)[C@@H](O)[C@H]2O)c(=O)[nH]c1=S.[2H]C([2H])(OP(=O)(O)O)[C@@]1(F)O[C@@H](n2cc(C=O)c(=S)[nH]c2=O)[C@H](O)[C@@H]1O.[2H]C([2H])(OP(=O)(O)O)[C@@]1(F)O[C@@]([2H])(n2cc(C=O)c(=S)[nH]c2=O)[C@H](O)[C@@H]1O.[2H][C@@]1(n2cc(C=O)c(=S)[nH]c2=O)O[C@](F)(COP(=O)(O)O)[C@@H](O)[C@H]1O. The van der Waals surface area contributed by atoms with Gasteiger partial charge in [-0.2, -0.15) is 0 Å². The predicted molar refractivity (Wildman–Crippen MR) is 301 cm³/mol. The molecule has 4 aromatic heterocycles. The van der Waals surface area contributed by atoms with Crippen molar-refractivity contribution in [3.05, 3.63) is 108 Å². The molecular weight excluding hydrogens is 1500 g/mol. The van der Waals surface area contributed by atoms with Crippen LogP contribution < -0.4 is 22.8 Å². The maximum absolute atomic E-state index is 15.0. The van der Waals surface area contributed by atoms with E-state index in [1.54, 1.807) is 0 Å². The summed E-state index contributed by atoms with van der Waals surface area (Å²) >= 11 is 18.8. The highest BCUT2D eigenvalue weighted by Gasteiger charge is 2.61. The van der Waals surface area contributed by atoms with Gasteiger partial charge in [0.2, 0.25) is 0 Å². The van der Waals surface area contributed by atoms with Crippen molar-refractivity contribution >= 4 is 105 Å². The van der Waals surface area contributed by atoms with Crippen molar-refractivity contribution in [1.29, 1.82) is 0 Å². The Hall–Kier alpha value is -5.24. The van der Waals surface area contributed by atoms with Gasteiger partial charge in [-0.15, -0.1) is 0 Å². The molecule has 4 aliphatic rings. The zero-order valence-electron chi connectivity index (χ0n) is 51.8. The van der Waals surface area contributed by atoms with E-state index in [1.807, 2.05) is 15.0 Å². The minimum absolute atomic E-state index is 0.106. The molecule has 44 nitrogen and oxygen atoms in total. The highest BCUT2D eigenvalue weighted by molar-refractivity contribution is 7.72. The number of nitrogens with one attached hydrogen (secondary N) is 4. The van der Waals surface area contributed by atoms with Crippen LogP contribution in [0.1, 0.15) is 74.5 Å². The third kappa shape index (κ3) is 19.6. The molecule has 4 fully saturated rings. The molecule has 4 aromatic rings. The van der Waals surface area contributed by atoms with Gasteiger partial charge in [0, 0.05) is 24.8 Å². The standard InChI is InChI=1S/4C10H12FN2O9PS/c4*11-10(3-21-23(18,19)20)6(16)5(15)8(22-10)13-1-4(2-14)7(24)12-9(13)17/h4*1-2,5-6,8,15-16H,3H2,(H,12,17,24)(H2,18,19,20)/t4*5-,6+,8-,10-/m1111/s1/i3D2,8D;8D;3D2;. The predicted octanol–water partition coefficient (Wildman–Crippen LogP) is -5.02. The molecule has 0 aromatic carbocycles. The van der Waals surface area contributed by atoms with Gasteiger partial charge in [0.15, 0.2) is 50.0 Å². The zero-order valence-corrected chi connectivity index (χ0v) is 52.7. The van der Waals surface area contributed by atoms with Gasteiger partial charge in [-0.05, 0) is 0 Å². The monoisotopic (exact) mass is 1550 g/mol. The Morgan fingerprint density at radius 3 is 0.969 bits per heavy atom. The molecule has 20 N–H and O–H groups in total. The molecule has 56 heteroatoms. The molecule has 0 unspecified atom stereocenters. The number of phosphoric acid groups is 4. The summed E-state index contributed by atoms with van der Waals surface area (Å²) in [5.74, 6) is -14.8. The zero-order chi connectivity index (χ0) is 78.6. The number of hydrogen-bond acceptors (Lipinski definition) is 32. The van der Waals surface area contributed by atoms with Crippen LogP contribution in [0, 0.1) is 18.6 Å². The highest BCUT2D eigenvalue weighted by atomic mass is 32.1. The van der Waals surface area contributed by atoms with Gasteiger partial charge in [-0.1, -0.05) is 48.9 Å². The van der Waals surface area contributed by atoms with E-state index in [-0.39, 0.29) is 63.2 Å². The Morgan fingerprint density at radius 1 is 0.438 bits per heavy atom. The third-order valence-corrected chi connectivity index (χ3v) is 15.0. The molecule has 0 amide bonds. The number of halogens is 4. The van der Waals surface area contributed by atoms with Crippen LogP contribution in [0.25, 0.3) is 0 Å². The Kier molecular flexibility index (Phi) is 23.3. The largest absolute Gasteiger partial charge is 0.469 e. The van der Waals surface area contributed by atoms with E-state index in [4.69, 9.17) is 88.8 Å². The minimum atomic E-state index is -5.65. The molecule has 0 radical (unpaired) electrons. The third-order valence-electron chi connectivity index (χ3n) is 12.0. The second-order valence-corrected chi connectivity index (χ2v) is 25.1. The first-order valence-electron chi connectivity index (χ1n) is 27.3. The lowest BCUT2D eigenvalue weighted by Gasteiger charge is -2.22. The van der Waals surface area contributed by atoms with Crippen LogP contribution in [0.5, 0.6) is 0 Å². The number of aromatic amines is 4. The maximum atomic E-state index is 15.0. The van der Waals surface area contributed by atoms with Gasteiger partial charge in [0.05, 0.1) is 30.5 Å². The van der Waals surface area contributed by atoms with Crippen molar-refractivity contribution in [2.24, 2.45) is 0 Å². The first-order chi connectivity index (χ1) is 46.1. The fourth-order valence-electron chi connectivity index (χ4n) is 7.55. The smallest absolute Gasteiger partial charge is 0.385 e. The normalized spacial score (nSPS) is 33.2. The molecule has 96 heavy (non-hydrogen) atoms. The summed E-state index contributed by atoms with van der Waals surface area (Å²) < 4.78 is 181. The van der Waals surface area contributed by atoms with E-state index in [0.29, 0.717) is 27.8 Å². The van der Waals surface area contributed by atoms with Crippen LogP contribution in [-0.4, -0.2) is 242 Å². The average Bonchev–Trinajstić information content (AvgIpc) is 1.51. The van der Waals surface area contributed by atoms with Crippen molar-refractivity contribution in [3.63, 3.8) is 0 Å². The van der Waals surface area contributed by atoms with Crippen LogP contribution in [-0.2, 0) is 55.3 Å². The molecule has 0 saturated carbocycles.